The van der Waals surface area contributed by atoms with Gasteiger partial charge < -0.3 is 34.1 Å². The lowest BCUT2D eigenvalue weighted by Crippen LogP contribution is -2.57. The summed E-state index contributed by atoms with van der Waals surface area (Å²) in [6.45, 7) is 10.4. The van der Waals surface area contributed by atoms with Gasteiger partial charge in [0.05, 0.1) is 37.4 Å². The molecule has 10 nitrogen and oxygen atoms in total. The third kappa shape index (κ3) is 9.16. The van der Waals surface area contributed by atoms with Crippen molar-refractivity contribution in [3.8, 4) is 5.75 Å². The molecule has 1 spiro atoms. The summed E-state index contributed by atoms with van der Waals surface area (Å²) in [7, 11) is 0. The monoisotopic (exact) mass is 715 g/mol. The van der Waals surface area contributed by atoms with Gasteiger partial charge in [0.15, 0.2) is 0 Å². The Kier molecular flexibility index (Phi) is 12.3. The van der Waals surface area contributed by atoms with Crippen LogP contribution in [0.1, 0.15) is 67.2 Å². The summed E-state index contributed by atoms with van der Waals surface area (Å²) in [6, 6.07) is -0.226. The SMILES string of the molecule is CC(=O)O[C@@H](C)/C=C\C(=O)N[C@@H]1C[C@H](C)C(C/C=C(C)/C=C/[C@]2(C)O[C@H](CC(=O)Oc3c(F)c(F)c(F)c(F)c3F)C[C@@]3(CO3)[C@@H]2O)O[C@@H]1C. The molecule has 1 unspecified atom stereocenters. The molecule has 3 saturated heterocycles. The van der Waals surface area contributed by atoms with Gasteiger partial charge in [-0.05, 0) is 52.5 Å². The number of rotatable bonds is 11. The number of halogens is 5. The summed E-state index contributed by atoms with van der Waals surface area (Å²) in [5, 5.41) is 14.1. The Labute approximate surface area is 286 Å². The summed E-state index contributed by atoms with van der Waals surface area (Å²) in [5.74, 6) is -15.1. The molecule has 1 aromatic carbocycles. The summed E-state index contributed by atoms with van der Waals surface area (Å²) >= 11 is 0. The molecule has 0 aliphatic carbocycles. The zero-order valence-electron chi connectivity index (χ0n) is 28.6. The zero-order chi connectivity index (χ0) is 37.1. The molecule has 3 fully saturated rings. The normalized spacial score (nSPS) is 32.0. The van der Waals surface area contributed by atoms with Gasteiger partial charge in [-0.1, -0.05) is 30.7 Å². The van der Waals surface area contributed by atoms with Gasteiger partial charge in [-0.3, -0.25) is 14.4 Å². The highest BCUT2D eigenvalue weighted by molar-refractivity contribution is 5.87. The molecule has 276 valence electrons. The van der Waals surface area contributed by atoms with E-state index in [1.807, 2.05) is 26.8 Å². The second-order valence-electron chi connectivity index (χ2n) is 13.4. The first-order valence-corrected chi connectivity index (χ1v) is 16.2. The van der Waals surface area contributed by atoms with E-state index in [1.54, 1.807) is 26.0 Å². The average molecular weight is 716 g/mol. The van der Waals surface area contributed by atoms with Crippen molar-refractivity contribution >= 4 is 17.8 Å². The Morgan fingerprint density at radius 1 is 1.04 bits per heavy atom. The van der Waals surface area contributed by atoms with E-state index in [0.29, 0.717) is 12.8 Å². The summed E-state index contributed by atoms with van der Waals surface area (Å²) in [4.78, 5) is 36.0. The molecule has 2 N–H and O–H groups in total. The van der Waals surface area contributed by atoms with Crippen LogP contribution in [0.2, 0.25) is 0 Å². The van der Waals surface area contributed by atoms with E-state index in [1.165, 1.54) is 19.1 Å². The number of amides is 1. The highest BCUT2D eigenvalue weighted by atomic mass is 19.2. The fraction of sp³-hybridized carbons (Fsp3) is 0.571. The number of carbonyl (C=O) groups excluding carboxylic acids is 3. The highest BCUT2D eigenvalue weighted by Gasteiger charge is 2.62. The van der Waals surface area contributed by atoms with E-state index >= 15 is 0 Å². The van der Waals surface area contributed by atoms with Crippen molar-refractivity contribution in [3.05, 3.63) is 65.0 Å². The van der Waals surface area contributed by atoms with E-state index in [9.17, 15) is 41.4 Å². The molecule has 0 radical (unpaired) electrons. The molecule has 0 saturated carbocycles. The Morgan fingerprint density at radius 2 is 1.66 bits per heavy atom. The number of carbonyl (C=O) groups is 3. The van der Waals surface area contributed by atoms with Gasteiger partial charge in [0.2, 0.25) is 40.7 Å². The molecular weight excluding hydrogens is 673 g/mol. The third-order valence-corrected chi connectivity index (χ3v) is 9.09. The Balaban J connectivity index is 1.34. The van der Waals surface area contributed by atoms with Crippen LogP contribution in [-0.2, 0) is 33.3 Å². The fourth-order valence-corrected chi connectivity index (χ4v) is 6.25. The number of nitrogens with one attached hydrogen (secondary N) is 1. The molecule has 0 aromatic heterocycles. The fourth-order valence-electron chi connectivity index (χ4n) is 6.25. The molecule has 15 heteroatoms. The van der Waals surface area contributed by atoms with Gasteiger partial charge in [-0.25, -0.2) is 13.2 Å². The third-order valence-electron chi connectivity index (χ3n) is 9.09. The van der Waals surface area contributed by atoms with Crippen LogP contribution in [0.4, 0.5) is 22.0 Å². The minimum absolute atomic E-state index is 0.0128. The number of ether oxygens (including phenoxy) is 5. The number of allylic oxidation sites excluding steroid dienone is 2. The first kappa shape index (κ1) is 39.1. The largest absolute Gasteiger partial charge is 0.459 e. The van der Waals surface area contributed by atoms with Crippen LogP contribution in [0.5, 0.6) is 5.75 Å². The van der Waals surface area contributed by atoms with E-state index in [2.05, 4.69) is 10.1 Å². The predicted molar refractivity (Wildman–Crippen MR) is 167 cm³/mol. The van der Waals surface area contributed by atoms with Gasteiger partial charge in [-0.15, -0.1) is 0 Å². The molecular formula is C35H42F5NO9. The number of hydrogen-bond donors (Lipinski definition) is 2. The van der Waals surface area contributed by atoms with Gasteiger partial charge in [0, 0.05) is 19.4 Å². The second kappa shape index (κ2) is 15.7. The zero-order valence-corrected chi connectivity index (χ0v) is 28.6. The Morgan fingerprint density at radius 3 is 2.26 bits per heavy atom. The summed E-state index contributed by atoms with van der Waals surface area (Å²) in [6.07, 6.45) is 5.57. The Hall–Kier alpha value is -3.66. The van der Waals surface area contributed by atoms with Gasteiger partial charge in [-0.2, -0.15) is 8.78 Å². The minimum atomic E-state index is -2.38. The van der Waals surface area contributed by atoms with Crippen LogP contribution in [0.3, 0.4) is 0 Å². The molecule has 50 heavy (non-hydrogen) atoms. The van der Waals surface area contributed by atoms with E-state index in [0.717, 1.165) is 5.57 Å². The number of aliphatic hydroxyl groups is 1. The van der Waals surface area contributed by atoms with E-state index < -0.39 is 82.7 Å². The van der Waals surface area contributed by atoms with Crippen LogP contribution in [-0.4, -0.2) is 77.3 Å². The standard InChI is InChI=1S/C35H42F5NO9/c1-17(7-9-24-18(2)13-23(20(4)48-24)41-25(43)10-8-19(3)47-21(5)42)11-12-34(6)33(45)35(16-46-35)15-22(50-34)14-26(44)49-32-30(39)28(37)27(36)29(38)31(32)40/h7-8,10-12,18-20,22-24,33,45H,9,13-16H2,1-6H3,(H,41,43)/b10-8-,12-11+,17-7+/t18-,19-,20+,22+,23+,24?,33+,34-,35+/m0/s1. The van der Waals surface area contributed by atoms with Crippen molar-refractivity contribution in [2.45, 2.75) is 115 Å². The lowest BCUT2D eigenvalue weighted by atomic mass is 9.80. The number of hydrogen-bond acceptors (Lipinski definition) is 9. The molecule has 3 heterocycles. The lowest BCUT2D eigenvalue weighted by molar-refractivity contribution is -0.189. The molecule has 0 bridgehead atoms. The highest BCUT2D eigenvalue weighted by Crippen LogP contribution is 2.47. The predicted octanol–water partition coefficient (Wildman–Crippen LogP) is 5.05. The van der Waals surface area contributed by atoms with Crippen molar-refractivity contribution in [1.82, 2.24) is 5.32 Å². The maximum absolute atomic E-state index is 14.1. The molecule has 4 rings (SSSR count). The van der Waals surface area contributed by atoms with Crippen LogP contribution in [0.25, 0.3) is 0 Å². The maximum Gasteiger partial charge on any atom is 0.314 e. The smallest absolute Gasteiger partial charge is 0.314 e. The van der Waals surface area contributed by atoms with Crippen LogP contribution >= 0.6 is 0 Å². The van der Waals surface area contributed by atoms with Crippen LogP contribution < -0.4 is 10.1 Å². The van der Waals surface area contributed by atoms with E-state index in [4.69, 9.17) is 18.9 Å². The second-order valence-corrected chi connectivity index (χ2v) is 13.4. The number of aliphatic hydroxyl groups excluding tert-OH is 1. The summed E-state index contributed by atoms with van der Waals surface area (Å²) < 4.78 is 96.0. The number of benzene rings is 1. The van der Waals surface area contributed by atoms with Gasteiger partial charge in [0.25, 0.3) is 0 Å². The minimum Gasteiger partial charge on any atom is -0.459 e. The molecule has 9 atom stereocenters. The van der Waals surface area contributed by atoms with Crippen molar-refractivity contribution in [3.63, 3.8) is 0 Å². The van der Waals surface area contributed by atoms with Gasteiger partial charge in [0.1, 0.15) is 23.4 Å². The van der Waals surface area contributed by atoms with Crippen molar-refractivity contribution < 1.29 is 65.1 Å². The topological polar surface area (TPSA) is 133 Å². The average Bonchev–Trinajstić information content (AvgIpc) is 3.82. The summed E-state index contributed by atoms with van der Waals surface area (Å²) in [5.41, 5.74) is -1.65. The van der Waals surface area contributed by atoms with Crippen molar-refractivity contribution in [2.75, 3.05) is 6.61 Å². The molecule has 1 amide bonds. The number of epoxide rings is 1. The number of esters is 2. The first-order chi connectivity index (χ1) is 23.4. The van der Waals surface area contributed by atoms with Crippen molar-refractivity contribution in [2.24, 2.45) is 5.92 Å². The molecule has 3 aliphatic heterocycles. The van der Waals surface area contributed by atoms with Gasteiger partial charge >= 0.3 is 11.9 Å². The lowest BCUT2D eigenvalue weighted by Gasteiger charge is -2.44. The van der Waals surface area contributed by atoms with Crippen LogP contribution in [0, 0.1) is 35.0 Å². The Bertz CT molecular complexity index is 1530. The quantitative estimate of drug-likeness (QED) is 0.0472. The first-order valence-electron chi connectivity index (χ1n) is 16.2. The molecule has 1 aromatic rings. The van der Waals surface area contributed by atoms with Crippen molar-refractivity contribution in [1.29, 1.82) is 0 Å². The van der Waals surface area contributed by atoms with Crippen LogP contribution in [0.15, 0.2) is 36.0 Å². The van der Waals surface area contributed by atoms with E-state index in [-0.39, 0.29) is 43.1 Å². The molecule has 3 aliphatic rings. The maximum atomic E-state index is 14.1.